The number of hydrogen-bond donors (Lipinski definition) is 2. The van der Waals surface area contributed by atoms with Crippen LogP contribution in [0.5, 0.6) is 0 Å². The maximum Gasteiger partial charge on any atom is 0.252 e. The van der Waals surface area contributed by atoms with E-state index in [2.05, 4.69) is 22.2 Å². The van der Waals surface area contributed by atoms with Gasteiger partial charge in [0.05, 0.1) is 0 Å². The maximum atomic E-state index is 13.3. The van der Waals surface area contributed by atoms with E-state index in [1.807, 2.05) is 29.3 Å². The standard InChI is InChI=1S/C24H34N4O2S/c1-27-11-6-17(7-12-27)18-8-13-28(14-9-18)24(30)22(16-31-2)26-23(29)20-4-3-19-5-10-25-21(19)15-20/h3-5,10,15,17-18,22,25H,6-9,11-14,16H2,1-2H3,(H,26,29)/t22-/m0/s1/i2D. The minimum atomic E-state index is -0.600. The summed E-state index contributed by atoms with van der Waals surface area (Å²) in [6.45, 7) is 3.89. The zero-order valence-electron chi connectivity index (χ0n) is 19.3. The third-order valence-electron chi connectivity index (χ3n) is 6.99. The highest BCUT2D eigenvalue weighted by Crippen LogP contribution is 2.32. The zero-order valence-corrected chi connectivity index (χ0v) is 19.1. The van der Waals surface area contributed by atoms with Crippen molar-refractivity contribution in [3.05, 3.63) is 36.0 Å². The number of amides is 2. The second-order valence-corrected chi connectivity index (χ2v) is 9.72. The summed E-state index contributed by atoms with van der Waals surface area (Å²) in [6.07, 6.45) is 6.65. The minimum absolute atomic E-state index is 0.0120. The smallest absolute Gasteiger partial charge is 0.252 e. The number of fused-ring (bicyclic) bond motifs is 1. The summed E-state index contributed by atoms with van der Waals surface area (Å²) in [4.78, 5) is 33.6. The molecule has 0 aliphatic carbocycles. The molecule has 2 N–H and O–H groups in total. The summed E-state index contributed by atoms with van der Waals surface area (Å²) >= 11 is 1.37. The molecule has 2 amide bonds. The van der Waals surface area contributed by atoms with Crippen LogP contribution >= 0.6 is 11.8 Å². The van der Waals surface area contributed by atoms with Crippen LogP contribution in [0.15, 0.2) is 30.5 Å². The average Bonchev–Trinajstić information content (AvgIpc) is 3.30. The van der Waals surface area contributed by atoms with Crippen LogP contribution in [0.2, 0.25) is 0 Å². The number of carbonyl (C=O) groups excluding carboxylic acids is 2. The third kappa shape index (κ3) is 5.26. The van der Waals surface area contributed by atoms with Gasteiger partial charge in [-0.05, 0) is 87.5 Å². The summed E-state index contributed by atoms with van der Waals surface area (Å²) in [6, 6.07) is 6.87. The molecular formula is C24H34N4O2S. The van der Waals surface area contributed by atoms with E-state index in [0.717, 1.165) is 42.8 Å². The molecule has 1 atom stereocenters. The van der Waals surface area contributed by atoms with Gasteiger partial charge in [-0.3, -0.25) is 9.59 Å². The molecule has 2 aromatic rings. The second kappa shape index (κ2) is 10.1. The van der Waals surface area contributed by atoms with E-state index < -0.39 is 6.04 Å². The van der Waals surface area contributed by atoms with Gasteiger partial charge in [-0.2, -0.15) is 11.8 Å². The van der Waals surface area contributed by atoms with Gasteiger partial charge in [-0.25, -0.2) is 0 Å². The van der Waals surface area contributed by atoms with Gasteiger partial charge in [0.15, 0.2) is 0 Å². The summed E-state index contributed by atoms with van der Waals surface area (Å²) < 4.78 is 7.47. The number of hydrogen-bond acceptors (Lipinski definition) is 4. The van der Waals surface area contributed by atoms with E-state index >= 15 is 0 Å². The van der Waals surface area contributed by atoms with Gasteiger partial charge in [0.2, 0.25) is 5.91 Å². The first-order chi connectivity index (χ1) is 15.5. The van der Waals surface area contributed by atoms with Gasteiger partial charge in [0.1, 0.15) is 6.04 Å². The van der Waals surface area contributed by atoms with Crippen LogP contribution < -0.4 is 5.32 Å². The van der Waals surface area contributed by atoms with Crippen LogP contribution in [0, 0.1) is 11.8 Å². The highest BCUT2D eigenvalue weighted by atomic mass is 32.2. The van der Waals surface area contributed by atoms with Crippen LogP contribution in [0.3, 0.4) is 0 Å². The van der Waals surface area contributed by atoms with Crippen LogP contribution in [0.4, 0.5) is 0 Å². The quantitative estimate of drug-likeness (QED) is 0.719. The Bertz CT molecular complexity index is 920. The van der Waals surface area contributed by atoms with E-state index in [0.29, 0.717) is 17.2 Å². The lowest BCUT2D eigenvalue weighted by atomic mass is 9.79. The Labute approximate surface area is 190 Å². The molecule has 6 nitrogen and oxygen atoms in total. The number of likely N-dealkylation sites (tertiary alicyclic amines) is 2. The fourth-order valence-electron chi connectivity index (χ4n) is 5.03. The highest BCUT2D eigenvalue weighted by Gasteiger charge is 2.33. The van der Waals surface area contributed by atoms with Crippen LogP contribution in [-0.2, 0) is 4.79 Å². The number of thioether (sulfide) groups is 1. The first kappa shape index (κ1) is 20.9. The molecule has 1 aromatic heterocycles. The molecule has 4 rings (SSSR count). The van der Waals surface area contributed by atoms with Gasteiger partial charge in [-0.15, -0.1) is 0 Å². The fraction of sp³-hybridized carbons (Fsp3) is 0.583. The molecule has 7 heteroatoms. The molecule has 0 unspecified atom stereocenters. The Morgan fingerprint density at radius 2 is 1.87 bits per heavy atom. The van der Waals surface area contributed by atoms with Crippen molar-refractivity contribution in [2.24, 2.45) is 11.8 Å². The first-order valence-corrected chi connectivity index (χ1v) is 12.4. The van der Waals surface area contributed by atoms with Gasteiger partial charge >= 0.3 is 0 Å². The van der Waals surface area contributed by atoms with Crippen LogP contribution in [-0.4, -0.2) is 77.9 Å². The Morgan fingerprint density at radius 3 is 2.58 bits per heavy atom. The summed E-state index contributed by atoms with van der Waals surface area (Å²) in [5.41, 5.74) is 1.44. The Kier molecular flexibility index (Phi) is 6.80. The molecule has 168 valence electrons. The van der Waals surface area contributed by atoms with Crippen LogP contribution in [0.25, 0.3) is 10.9 Å². The van der Waals surface area contributed by atoms with Crippen molar-refractivity contribution < 1.29 is 11.0 Å². The molecule has 2 aliphatic heterocycles. The molecule has 0 radical (unpaired) electrons. The number of carbonyl (C=O) groups is 2. The fourth-order valence-corrected chi connectivity index (χ4v) is 5.50. The molecule has 2 aliphatic rings. The van der Waals surface area contributed by atoms with Crippen molar-refractivity contribution in [3.8, 4) is 0 Å². The number of piperidine rings is 2. The topological polar surface area (TPSA) is 68.4 Å². The molecular weight excluding hydrogens is 408 g/mol. The minimum Gasteiger partial charge on any atom is -0.361 e. The van der Waals surface area contributed by atoms with Gasteiger partial charge in [0, 0.05) is 37.5 Å². The lowest BCUT2D eigenvalue weighted by molar-refractivity contribution is -0.134. The second-order valence-electron chi connectivity index (χ2n) is 8.98. The zero-order chi connectivity index (χ0) is 22.5. The lowest BCUT2D eigenvalue weighted by Crippen LogP contribution is -2.52. The maximum absolute atomic E-state index is 13.3. The number of rotatable bonds is 6. The monoisotopic (exact) mass is 443 g/mol. The number of aromatic amines is 1. The largest absolute Gasteiger partial charge is 0.361 e. The summed E-state index contributed by atoms with van der Waals surface area (Å²) in [7, 11) is 2.19. The molecule has 0 bridgehead atoms. The summed E-state index contributed by atoms with van der Waals surface area (Å²) in [5, 5.41) is 4.00. The average molecular weight is 444 g/mol. The Morgan fingerprint density at radius 1 is 1.16 bits per heavy atom. The van der Waals surface area contributed by atoms with E-state index in [1.165, 1.54) is 37.7 Å². The van der Waals surface area contributed by atoms with Crippen molar-refractivity contribution in [2.75, 3.05) is 45.2 Å². The normalized spacial score (nSPS) is 20.5. The van der Waals surface area contributed by atoms with Crippen molar-refractivity contribution in [2.45, 2.75) is 31.7 Å². The van der Waals surface area contributed by atoms with E-state index in [1.54, 1.807) is 6.07 Å². The Balaban J connectivity index is 1.35. The number of nitrogens with one attached hydrogen (secondary N) is 2. The highest BCUT2D eigenvalue weighted by molar-refractivity contribution is 7.98. The molecule has 1 aromatic carbocycles. The number of nitrogens with zero attached hydrogens (tertiary/aromatic N) is 2. The van der Waals surface area contributed by atoms with Crippen molar-refractivity contribution in [1.29, 1.82) is 0 Å². The number of benzene rings is 1. The van der Waals surface area contributed by atoms with Crippen molar-refractivity contribution >= 4 is 34.5 Å². The van der Waals surface area contributed by atoms with E-state index in [-0.39, 0.29) is 18.0 Å². The number of H-pyrrole nitrogens is 1. The Hall–Kier alpha value is -1.99. The molecule has 0 spiro atoms. The molecule has 3 heterocycles. The third-order valence-corrected chi connectivity index (χ3v) is 7.56. The molecule has 0 saturated carbocycles. The SMILES string of the molecule is [2H]CSC[C@H](NC(=O)c1ccc2cc[nH]c2c1)C(=O)N1CCC(C2CCN(C)CC2)CC1. The molecule has 31 heavy (non-hydrogen) atoms. The van der Waals surface area contributed by atoms with Gasteiger partial charge in [-0.1, -0.05) is 6.07 Å². The predicted molar refractivity (Wildman–Crippen MR) is 127 cm³/mol. The summed E-state index contributed by atoms with van der Waals surface area (Å²) in [5.74, 6) is 1.65. The van der Waals surface area contributed by atoms with Crippen LogP contribution in [0.1, 0.15) is 37.4 Å². The van der Waals surface area contributed by atoms with E-state index in [4.69, 9.17) is 1.37 Å². The first-order valence-electron chi connectivity index (χ1n) is 12.0. The van der Waals surface area contributed by atoms with Crippen molar-refractivity contribution in [3.63, 3.8) is 0 Å². The predicted octanol–water partition coefficient (Wildman–Crippen LogP) is 3.21. The van der Waals surface area contributed by atoms with Gasteiger partial charge in [0.25, 0.3) is 5.91 Å². The number of aromatic nitrogens is 1. The lowest BCUT2D eigenvalue weighted by Gasteiger charge is -2.40. The van der Waals surface area contributed by atoms with Gasteiger partial charge < -0.3 is 20.1 Å². The molecule has 2 fully saturated rings. The molecule has 2 saturated heterocycles. The van der Waals surface area contributed by atoms with E-state index in [9.17, 15) is 9.59 Å². The van der Waals surface area contributed by atoms with Crippen molar-refractivity contribution in [1.82, 2.24) is 20.1 Å².